The molecule has 0 radical (unpaired) electrons. The average molecular weight is 356 g/mol. The first kappa shape index (κ1) is 18.7. The predicted molar refractivity (Wildman–Crippen MR) is 89.5 cm³/mol. The predicted octanol–water partition coefficient (Wildman–Crippen LogP) is 1.23. The minimum atomic E-state index is -3.72. The standard InChI is InChI=1S/C16H24N2O5S/c1-11(17)13-5-4-8-18(10-13)24(20,21)15-7-6-12(16(19)23-3)9-14(15)22-2/h6-7,9,11,13H,4-5,8,10,17H2,1-3H3. The van der Waals surface area contributed by atoms with Crippen molar-refractivity contribution >= 4 is 16.0 Å². The van der Waals surface area contributed by atoms with Crippen LogP contribution < -0.4 is 10.5 Å². The van der Waals surface area contributed by atoms with Gasteiger partial charge in [-0.25, -0.2) is 13.2 Å². The Morgan fingerprint density at radius 1 is 1.38 bits per heavy atom. The second-order valence-electron chi connectivity index (χ2n) is 5.98. The summed E-state index contributed by atoms with van der Waals surface area (Å²) in [4.78, 5) is 11.7. The highest BCUT2D eigenvalue weighted by Crippen LogP contribution is 2.31. The molecule has 1 aliphatic rings. The van der Waals surface area contributed by atoms with Gasteiger partial charge in [-0.2, -0.15) is 4.31 Å². The monoisotopic (exact) mass is 356 g/mol. The van der Waals surface area contributed by atoms with E-state index in [1.54, 1.807) is 0 Å². The Labute approximate surface area is 142 Å². The first-order valence-corrected chi connectivity index (χ1v) is 9.27. The van der Waals surface area contributed by atoms with E-state index in [1.165, 1.54) is 36.7 Å². The minimum Gasteiger partial charge on any atom is -0.495 e. The van der Waals surface area contributed by atoms with Gasteiger partial charge in [0.15, 0.2) is 0 Å². The van der Waals surface area contributed by atoms with Crippen molar-refractivity contribution in [2.24, 2.45) is 11.7 Å². The topological polar surface area (TPSA) is 98.9 Å². The van der Waals surface area contributed by atoms with Gasteiger partial charge in [0.1, 0.15) is 10.6 Å². The molecule has 134 valence electrons. The Kier molecular flexibility index (Phi) is 5.84. The fraction of sp³-hybridized carbons (Fsp3) is 0.562. The van der Waals surface area contributed by atoms with E-state index in [2.05, 4.69) is 4.74 Å². The van der Waals surface area contributed by atoms with Crippen molar-refractivity contribution in [1.29, 1.82) is 0 Å². The largest absolute Gasteiger partial charge is 0.495 e. The maximum absolute atomic E-state index is 13.0. The van der Waals surface area contributed by atoms with E-state index in [4.69, 9.17) is 10.5 Å². The number of sulfonamides is 1. The Hall–Kier alpha value is -1.64. The summed E-state index contributed by atoms with van der Waals surface area (Å²) in [7, 11) is -1.08. The molecule has 7 nitrogen and oxygen atoms in total. The fourth-order valence-electron chi connectivity index (χ4n) is 2.89. The number of rotatable bonds is 5. The van der Waals surface area contributed by atoms with Gasteiger partial charge in [-0.1, -0.05) is 0 Å². The molecule has 2 unspecified atom stereocenters. The zero-order valence-corrected chi connectivity index (χ0v) is 15.0. The van der Waals surface area contributed by atoms with Gasteiger partial charge in [-0.05, 0) is 43.9 Å². The van der Waals surface area contributed by atoms with Crippen molar-refractivity contribution in [2.75, 3.05) is 27.3 Å². The Bertz CT molecular complexity index is 702. The second-order valence-corrected chi connectivity index (χ2v) is 7.89. The van der Waals surface area contributed by atoms with E-state index >= 15 is 0 Å². The molecular weight excluding hydrogens is 332 g/mol. The lowest BCUT2D eigenvalue weighted by Crippen LogP contribution is -2.45. The lowest BCUT2D eigenvalue weighted by Gasteiger charge is -2.34. The highest BCUT2D eigenvalue weighted by atomic mass is 32.2. The summed E-state index contributed by atoms with van der Waals surface area (Å²) in [6.45, 7) is 2.74. The van der Waals surface area contributed by atoms with Gasteiger partial charge >= 0.3 is 5.97 Å². The molecule has 0 aromatic heterocycles. The Balaban J connectivity index is 2.36. The molecule has 1 aromatic carbocycles. The SMILES string of the molecule is COC(=O)c1ccc(S(=O)(=O)N2CCCC(C(C)N)C2)c(OC)c1. The number of methoxy groups -OCH3 is 2. The lowest BCUT2D eigenvalue weighted by molar-refractivity contribution is 0.0600. The molecule has 8 heteroatoms. The van der Waals surface area contributed by atoms with Crippen LogP contribution in [-0.2, 0) is 14.8 Å². The molecule has 24 heavy (non-hydrogen) atoms. The number of hydrogen-bond donors (Lipinski definition) is 1. The van der Waals surface area contributed by atoms with Crippen LogP contribution in [0.25, 0.3) is 0 Å². The van der Waals surface area contributed by atoms with Crippen LogP contribution in [0.3, 0.4) is 0 Å². The van der Waals surface area contributed by atoms with Crippen LogP contribution in [0.5, 0.6) is 5.75 Å². The van der Waals surface area contributed by atoms with E-state index in [9.17, 15) is 13.2 Å². The molecule has 0 aliphatic carbocycles. The number of nitrogens with zero attached hydrogens (tertiary/aromatic N) is 1. The summed E-state index contributed by atoms with van der Waals surface area (Å²) in [5.74, 6) is -0.290. The van der Waals surface area contributed by atoms with E-state index < -0.39 is 16.0 Å². The average Bonchev–Trinajstić information content (AvgIpc) is 2.60. The van der Waals surface area contributed by atoms with Crippen molar-refractivity contribution in [3.8, 4) is 5.75 Å². The fourth-order valence-corrected chi connectivity index (χ4v) is 4.56. The van der Waals surface area contributed by atoms with Crippen molar-refractivity contribution in [2.45, 2.75) is 30.7 Å². The van der Waals surface area contributed by atoms with E-state index in [-0.39, 0.29) is 28.2 Å². The molecule has 1 aromatic rings. The highest BCUT2D eigenvalue weighted by molar-refractivity contribution is 7.89. The molecule has 0 amide bonds. The van der Waals surface area contributed by atoms with Crippen LogP contribution in [0.2, 0.25) is 0 Å². The summed E-state index contributed by atoms with van der Waals surface area (Å²) in [6.07, 6.45) is 1.69. The van der Waals surface area contributed by atoms with E-state index in [0.717, 1.165) is 12.8 Å². The van der Waals surface area contributed by atoms with Crippen molar-refractivity contribution < 1.29 is 22.7 Å². The smallest absolute Gasteiger partial charge is 0.337 e. The molecule has 0 spiro atoms. The van der Waals surface area contributed by atoms with E-state index in [1.807, 2.05) is 6.92 Å². The number of piperidine rings is 1. The van der Waals surface area contributed by atoms with Gasteiger partial charge in [0, 0.05) is 19.1 Å². The Morgan fingerprint density at radius 3 is 2.67 bits per heavy atom. The third kappa shape index (κ3) is 3.71. The third-order valence-electron chi connectivity index (χ3n) is 4.37. The van der Waals surface area contributed by atoms with Crippen LogP contribution in [0.15, 0.2) is 23.1 Å². The minimum absolute atomic E-state index is 0.0444. The van der Waals surface area contributed by atoms with Crippen molar-refractivity contribution in [1.82, 2.24) is 4.31 Å². The van der Waals surface area contributed by atoms with E-state index in [0.29, 0.717) is 13.1 Å². The molecule has 1 saturated heterocycles. The molecule has 0 saturated carbocycles. The van der Waals surface area contributed by atoms with Crippen LogP contribution >= 0.6 is 0 Å². The number of benzene rings is 1. The number of carbonyl (C=O) groups excluding carboxylic acids is 1. The second kappa shape index (κ2) is 7.50. The van der Waals surface area contributed by atoms with Crippen LogP contribution in [0, 0.1) is 5.92 Å². The van der Waals surface area contributed by atoms with Crippen LogP contribution in [-0.4, -0.2) is 52.0 Å². The summed E-state index contributed by atoms with van der Waals surface area (Å²) >= 11 is 0. The lowest BCUT2D eigenvalue weighted by atomic mass is 9.93. The van der Waals surface area contributed by atoms with Crippen molar-refractivity contribution in [3.63, 3.8) is 0 Å². The molecule has 0 bridgehead atoms. The quantitative estimate of drug-likeness (QED) is 0.797. The van der Waals surface area contributed by atoms with Crippen molar-refractivity contribution in [3.05, 3.63) is 23.8 Å². The molecule has 2 atom stereocenters. The summed E-state index contributed by atoms with van der Waals surface area (Å²) in [6, 6.07) is 4.13. The molecule has 1 fully saturated rings. The number of esters is 1. The number of ether oxygens (including phenoxy) is 2. The van der Waals surface area contributed by atoms with Crippen LogP contribution in [0.1, 0.15) is 30.1 Å². The Morgan fingerprint density at radius 2 is 2.08 bits per heavy atom. The maximum atomic E-state index is 13.0. The van der Waals surface area contributed by atoms with Gasteiger partial charge in [-0.15, -0.1) is 0 Å². The summed E-state index contributed by atoms with van der Waals surface area (Å²) in [5, 5.41) is 0. The van der Waals surface area contributed by atoms with Gasteiger partial charge in [0.2, 0.25) is 10.0 Å². The third-order valence-corrected chi connectivity index (χ3v) is 6.27. The maximum Gasteiger partial charge on any atom is 0.337 e. The first-order valence-electron chi connectivity index (χ1n) is 7.83. The normalized spacial score (nSPS) is 20.4. The zero-order chi connectivity index (χ0) is 17.9. The van der Waals surface area contributed by atoms with Gasteiger partial charge in [0.05, 0.1) is 19.8 Å². The summed E-state index contributed by atoms with van der Waals surface area (Å²) < 4.78 is 37.2. The summed E-state index contributed by atoms with van der Waals surface area (Å²) in [5.41, 5.74) is 6.17. The van der Waals surface area contributed by atoms with Gasteiger partial charge in [0.25, 0.3) is 0 Å². The molecule has 2 N–H and O–H groups in total. The van der Waals surface area contributed by atoms with Gasteiger partial charge < -0.3 is 15.2 Å². The van der Waals surface area contributed by atoms with Gasteiger partial charge in [-0.3, -0.25) is 0 Å². The number of carbonyl (C=O) groups is 1. The number of nitrogens with two attached hydrogens (primary N) is 1. The molecule has 1 aliphatic heterocycles. The van der Waals surface area contributed by atoms with Crippen LogP contribution in [0.4, 0.5) is 0 Å². The molecule has 1 heterocycles. The zero-order valence-electron chi connectivity index (χ0n) is 14.2. The molecule has 2 rings (SSSR count). The highest BCUT2D eigenvalue weighted by Gasteiger charge is 2.33. The number of hydrogen-bond acceptors (Lipinski definition) is 6. The molecular formula is C16H24N2O5S. The first-order chi connectivity index (χ1) is 11.3.